The molecule has 32 heavy (non-hydrogen) atoms. The van der Waals surface area contributed by atoms with Crippen LogP contribution in [0.15, 0.2) is 48.5 Å². The monoisotopic (exact) mass is 431 g/mol. The summed E-state index contributed by atoms with van der Waals surface area (Å²) in [6.45, 7) is 1.78. The summed E-state index contributed by atoms with van der Waals surface area (Å²) in [6, 6.07) is 16.4. The second-order valence-corrected chi connectivity index (χ2v) is 8.60. The Morgan fingerprint density at radius 1 is 1.16 bits per heavy atom. The lowest BCUT2D eigenvalue weighted by molar-refractivity contribution is -0.149. The zero-order chi connectivity index (χ0) is 22.7. The van der Waals surface area contributed by atoms with Gasteiger partial charge in [0, 0.05) is 0 Å². The standard InChI is InChI=1S/C25H25N3O4/c1-17-10-12-25(13-11-17)23(30)28(24(31)27-25)15-22(29)32-16-18-6-8-19(9-7-18)21-5-3-2-4-20(21)14-26/h2-9,17H,10-13,15-16H2,1H3,(H,27,31). The SMILES string of the molecule is CC1CCC2(CC1)NC(=O)N(CC(=O)OCc1ccc(-c3ccccc3C#N)cc1)C2=O. The Hall–Kier alpha value is -3.66. The van der Waals surface area contributed by atoms with Crippen LogP contribution in [-0.2, 0) is 20.9 Å². The molecular formula is C25H25N3O4. The molecule has 1 spiro atoms. The number of ether oxygens (including phenoxy) is 1. The van der Waals surface area contributed by atoms with E-state index in [0.29, 0.717) is 24.3 Å². The van der Waals surface area contributed by atoms with E-state index >= 15 is 0 Å². The van der Waals surface area contributed by atoms with Crippen LogP contribution in [-0.4, -0.2) is 34.9 Å². The molecule has 1 heterocycles. The average Bonchev–Trinajstić information content (AvgIpc) is 3.04. The lowest BCUT2D eigenvalue weighted by Crippen LogP contribution is -2.49. The third kappa shape index (κ3) is 4.22. The Labute approximate surface area is 187 Å². The van der Waals surface area contributed by atoms with E-state index < -0.39 is 24.1 Å². The van der Waals surface area contributed by atoms with Gasteiger partial charge in [-0.2, -0.15) is 5.26 Å². The van der Waals surface area contributed by atoms with Crippen LogP contribution in [0.1, 0.15) is 43.7 Å². The van der Waals surface area contributed by atoms with Gasteiger partial charge in [0.05, 0.1) is 11.6 Å². The van der Waals surface area contributed by atoms with Gasteiger partial charge < -0.3 is 10.1 Å². The molecule has 1 saturated heterocycles. The van der Waals surface area contributed by atoms with Gasteiger partial charge in [-0.3, -0.25) is 14.5 Å². The molecule has 2 aromatic carbocycles. The van der Waals surface area contributed by atoms with Gasteiger partial charge in [-0.1, -0.05) is 49.4 Å². The minimum absolute atomic E-state index is 0.0331. The first-order chi connectivity index (χ1) is 15.4. The Balaban J connectivity index is 1.34. The summed E-state index contributed by atoms with van der Waals surface area (Å²) < 4.78 is 5.30. The molecule has 0 bridgehead atoms. The van der Waals surface area contributed by atoms with Crippen molar-refractivity contribution in [2.45, 2.75) is 44.8 Å². The van der Waals surface area contributed by atoms with E-state index in [1.165, 1.54) is 0 Å². The van der Waals surface area contributed by atoms with Gasteiger partial charge in [0.1, 0.15) is 18.7 Å². The number of nitriles is 1. The van der Waals surface area contributed by atoms with E-state index in [1.807, 2.05) is 42.5 Å². The maximum atomic E-state index is 12.8. The fourth-order valence-electron chi connectivity index (χ4n) is 4.37. The first kappa shape index (κ1) is 21.6. The first-order valence-corrected chi connectivity index (χ1v) is 10.8. The summed E-state index contributed by atoms with van der Waals surface area (Å²) in [7, 11) is 0. The third-order valence-electron chi connectivity index (χ3n) is 6.37. The van der Waals surface area contributed by atoms with Crippen LogP contribution >= 0.6 is 0 Å². The van der Waals surface area contributed by atoms with Gasteiger partial charge in [-0.25, -0.2) is 4.79 Å². The van der Waals surface area contributed by atoms with Crippen molar-refractivity contribution in [3.63, 3.8) is 0 Å². The zero-order valence-corrected chi connectivity index (χ0v) is 18.0. The lowest BCUT2D eigenvalue weighted by Gasteiger charge is -2.33. The van der Waals surface area contributed by atoms with Crippen molar-refractivity contribution in [2.75, 3.05) is 6.54 Å². The van der Waals surface area contributed by atoms with Crippen molar-refractivity contribution in [3.8, 4) is 17.2 Å². The maximum absolute atomic E-state index is 12.8. The van der Waals surface area contributed by atoms with Gasteiger partial charge in [0.25, 0.3) is 5.91 Å². The molecule has 2 aliphatic rings. The van der Waals surface area contributed by atoms with Gasteiger partial charge in [-0.05, 0) is 54.4 Å². The summed E-state index contributed by atoms with van der Waals surface area (Å²) in [5, 5.41) is 12.1. The molecule has 2 aromatic rings. The lowest BCUT2D eigenvalue weighted by atomic mass is 9.77. The van der Waals surface area contributed by atoms with E-state index in [1.54, 1.807) is 6.07 Å². The van der Waals surface area contributed by atoms with Crippen molar-refractivity contribution < 1.29 is 19.1 Å². The van der Waals surface area contributed by atoms with Crippen LogP contribution in [0.5, 0.6) is 0 Å². The Kier molecular flexibility index (Phi) is 5.95. The van der Waals surface area contributed by atoms with Crippen molar-refractivity contribution in [1.29, 1.82) is 5.26 Å². The van der Waals surface area contributed by atoms with Crippen molar-refractivity contribution in [3.05, 3.63) is 59.7 Å². The first-order valence-electron chi connectivity index (χ1n) is 10.8. The number of benzene rings is 2. The summed E-state index contributed by atoms with van der Waals surface area (Å²) in [6.07, 6.45) is 2.95. The smallest absolute Gasteiger partial charge is 0.326 e. The number of hydrogen-bond acceptors (Lipinski definition) is 5. The molecule has 1 aliphatic heterocycles. The number of carbonyl (C=O) groups excluding carboxylic acids is 3. The Morgan fingerprint density at radius 3 is 2.53 bits per heavy atom. The molecule has 0 unspecified atom stereocenters. The molecule has 0 atom stereocenters. The maximum Gasteiger partial charge on any atom is 0.326 e. The van der Waals surface area contributed by atoms with Gasteiger partial charge in [0.2, 0.25) is 0 Å². The van der Waals surface area contributed by atoms with Crippen molar-refractivity contribution in [2.24, 2.45) is 5.92 Å². The summed E-state index contributed by atoms with van der Waals surface area (Å²) >= 11 is 0. The minimum Gasteiger partial charge on any atom is -0.459 e. The van der Waals surface area contributed by atoms with Crippen LogP contribution in [0.2, 0.25) is 0 Å². The number of imide groups is 1. The molecule has 0 radical (unpaired) electrons. The fraction of sp³-hybridized carbons (Fsp3) is 0.360. The van der Waals surface area contributed by atoms with Crippen LogP contribution in [0, 0.1) is 17.2 Å². The summed E-state index contributed by atoms with van der Waals surface area (Å²) in [4.78, 5) is 38.5. The van der Waals surface area contributed by atoms with Crippen LogP contribution < -0.4 is 5.32 Å². The highest BCUT2D eigenvalue weighted by Crippen LogP contribution is 2.36. The van der Waals surface area contributed by atoms with E-state index in [9.17, 15) is 19.6 Å². The normalized spacial score (nSPS) is 22.5. The fourth-order valence-corrected chi connectivity index (χ4v) is 4.37. The van der Waals surface area contributed by atoms with E-state index in [4.69, 9.17) is 4.74 Å². The molecule has 7 nitrogen and oxygen atoms in total. The average molecular weight is 431 g/mol. The van der Waals surface area contributed by atoms with E-state index in [2.05, 4.69) is 18.3 Å². The molecule has 0 aromatic heterocycles. The number of esters is 1. The summed E-state index contributed by atoms with van der Waals surface area (Å²) in [5.74, 6) is -0.426. The molecule has 7 heteroatoms. The second kappa shape index (κ2) is 8.83. The van der Waals surface area contributed by atoms with Crippen LogP contribution in [0.4, 0.5) is 4.79 Å². The quantitative estimate of drug-likeness (QED) is 0.574. The van der Waals surface area contributed by atoms with Gasteiger partial charge in [-0.15, -0.1) is 0 Å². The molecule has 1 N–H and O–H groups in total. The minimum atomic E-state index is -0.862. The zero-order valence-electron chi connectivity index (χ0n) is 18.0. The highest BCUT2D eigenvalue weighted by atomic mass is 16.5. The summed E-state index contributed by atoms with van der Waals surface area (Å²) in [5.41, 5.74) is 2.23. The highest BCUT2D eigenvalue weighted by molar-refractivity contribution is 6.08. The number of carbonyl (C=O) groups is 3. The van der Waals surface area contributed by atoms with Gasteiger partial charge in [0.15, 0.2) is 0 Å². The topological polar surface area (TPSA) is 99.5 Å². The highest BCUT2D eigenvalue weighted by Gasteiger charge is 2.52. The molecule has 164 valence electrons. The number of rotatable bonds is 5. The number of hydrogen-bond donors (Lipinski definition) is 1. The number of nitrogens with one attached hydrogen (secondary N) is 1. The van der Waals surface area contributed by atoms with Crippen LogP contribution in [0.3, 0.4) is 0 Å². The van der Waals surface area contributed by atoms with Crippen LogP contribution in [0.25, 0.3) is 11.1 Å². The van der Waals surface area contributed by atoms with Crippen molar-refractivity contribution >= 4 is 17.9 Å². The number of nitrogens with zero attached hydrogens (tertiary/aromatic N) is 2. The molecular weight excluding hydrogens is 406 g/mol. The Morgan fingerprint density at radius 2 is 1.84 bits per heavy atom. The van der Waals surface area contributed by atoms with Crippen molar-refractivity contribution in [1.82, 2.24) is 10.2 Å². The molecule has 3 amide bonds. The molecule has 4 rings (SSSR count). The van der Waals surface area contributed by atoms with E-state index in [-0.39, 0.29) is 12.5 Å². The van der Waals surface area contributed by atoms with E-state index in [0.717, 1.165) is 34.4 Å². The Bertz CT molecular complexity index is 1080. The third-order valence-corrected chi connectivity index (χ3v) is 6.37. The second-order valence-electron chi connectivity index (χ2n) is 8.60. The molecule has 2 fully saturated rings. The number of amides is 3. The predicted molar refractivity (Wildman–Crippen MR) is 117 cm³/mol. The largest absolute Gasteiger partial charge is 0.459 e. The van der Waals surface area contributed by atoms with Gasteiger partial charge >= 0.3 is 12.0 Å². The predicted octanol–water partition coefficient (Wildman–Crippen LogP) is 3.77. The molecule has 1 saturated carbocycles. The molecule has 1 aliphatic carbocycles. The number of urea groups is 1.